The van der Waals surface area contributed by atoms with Gasteiger partial charge < -0.3 is 10.2 Å². The number of hydrogen-bond donors (Lipinski definition) is 1. The molecule has 0 radical (unpaired) electrons. The maximum absolute atomic E-state index is 12.4. The van der Waals surface area contributed by atoms with E-state index in [-0.39, 0.29) is 5.91 Å². The molecule has 3 rings (SSSR count). The molecule has 2 fully saturated rings. The number of likely N-dealkylation sites (tertiary alicyclic amines) is 1. The largest absolute Gasteiger partial charge is 0.338 e. The number of hydrogen-bond acceptors (Lipinski definition) is 3. The maximum Gasteiger partial charge on any atom is 0.264 e. The van der Waals surface area contributed by atoms with Gasteiger partial charge in [0.05, 0.1) is 4.88 Å². The summed E-state index contributed by atoms with van der Waals surface area (Å²) in [5, 5.41) is 5.47. The zero-order valence-corrected chi connectivity index (χ0v) is 11.7. The van der Waals surface area contributed by atoms with Crippen molar-refractivity contribution in [1.82, 2.24) is 10.2 Å². The number of nitrogens with zero attached hydrogens (tertiary/aromatic N) is 1. The summed E-state index contributed by atoms with van der Waals surface area (Å²) in [7, 11) is 0. The Kier molecular flexibility index (Phi) is 3.16. The van der Waals surface area contributed by atoms with Crippen LogP contribution in [0, 0.1) is 12.3 Å². The predicted octanol–water partition coefficient (Wildman–Crippen LogP) is 2.27. The fourth-order valence-electron chi connectivity index (χ4n) is 3.14. The van der Waals surface area contributed by atoms with E-state index in [1.54, 1.807) is 11.3 Å². The van der Waals surface area contributed by atoms with Gasteiger partial charge in [0.25, 0.3) is 5.91 Å². The van der Waals surface area contributed by atoms with Gasteiger partial charge in [-0.1, -0.05) is 0 Å². The molecule has 98 valence electrons. The van der Waals surface area contributed by atoms with E-state index in [0.29, 0.717) is 5.41 Å². The standard InChI is InChI=1S/C14H20N2OS/c1-11-2-9-18-12(11)13(17)16-7-4-14(5-8-16)3-6-15-10-14/h2,9,15H,3-8,10H2,1H3. The minimum Gasteiger partial charge on any atom is -0.338 e. The SMILES string of the molecule is Cc1ccsc1C(=O)N1CCC2(CCNC2)CC1. The first-order chi connectivity index (χ1) is 8.70. The van der Waals surface area contributed by atoms with Crippen LogP contribution in [0.15, 0.2) is 11.4 Å². The van der Waals surface area contributed by atoms with Gasteiger partial charge in [-0.25, -0.2) is 0 Å². The summed E-state index contributed by atoms with van der Waals surface area (Å²) in [6, 6.07) is 2.03. The highest BCUT2D eigenvalue weighted by Gasteiger charge is 2.38. The molecule has 1 aromatic rings. The van der Waals surface area contributed by atoms with Crippen molar-refractivity contribution >= 4 is 17.2 Å². The van der Waals surface area contributed by atoms with E-state index in [4.69, 9.17) is 0 Å². The molecule has 1 amide bonds. The molecule has 3 nitrogen and oxygen atoms in total. The summed E-state index contributed by atoms with van der Waals surface area (Å²) in [6.45, 7) is 6.18. The van der Waals surface area contributed by atoms with Crippen LogP contribution in [0.25, 0.3) is 0 Å². The Labute approximate surface area is 112 Å². The van der Waals surface area contributed by atoms with E-state index < -0.39 is 0 Å². The van der Waals surface area contributed by atoms with Gasteiger partial charge in [0, 0.05) is 19.6 Å². The smallest absolute Gasteiger partial charge is 0.264 e. The van der Waals surface area contributed by atoms with Crippen molar-refractivity contribution in [3.8, 4) is 0 Å². The number of rotatable bonds is 1. The van der Waals surface area contributed by atoms with Crippen LogP contribution in [-0.4, -0.2) is 37.0 Å². The van der Waals surface area contributed by atoms with Crippen LogP contribution >= 0.6 is 11.3 Å². The van der Waals surface area contributed by atoms with Crippen LogP contribution < -0.4 is 5.32 Å². The topological polar surface area (TPSA) is 32.3 Å². The summed E-state index contributed by atoms with van der Waals surface area (Å²) < 4.78 is 0. The first kappa shape index (κ1) is 12.2. The number of aryl methyl sites for hydroxylation is 1. The lowest BCUT2D eigenvalue weighted by molar-refractivity contribution is 0.0612. The molecule has 0 aliphatic carbocycles. The van der Waals surface area contributed by atoms with Crippen LogP contribution in [-0.2, 0) is 0 Å². The number of carbonyl (C=O) groups is 1. The Morgan fingerprint density at radius 1 is 1.39 bits per heavy atom. The highest BCUT2D eigenvalue weighted by atomic mass is 32.1. The molecule has 0 saturated carbocycles. The fourth-order valence-corrected chi connectivity index (χ4v) is 4.03. The van der Waals surface area contributed by atoms with Gasteiger partial charge in [-0.2, -0.15) is 0 Å². The van der Waals surface area contributed by atoms with E-state index in [2.05, 4.69) is 5.32 Å². The van der Waals surface area contributed by atoms with Gasteiger partial charge in [-0.05, 0) is 55.2 Å². The second-order valence-corrected chi connectivity index (χ2v) is 6.57. The molecular weight excluding hydrogens is 244 g/mol. The van der Waals surface area contributed by atoms with Gasteiger partial charge in [0.1, 0.15) is 0 Å². The van der Waals surface area contributed by atoms with Gasteiger partial charge in [-0.15, -0.1) is 11.3 Å². The number of amides is 1. The van der Waals surface area contributed by atoms with E-state index in [1.807, 2.05) is 23.3 Å². The Balaban J connectivity index is 1.66. The molecule has 1 aromatic heterocycles. The number of thiophene rings is 1. The van der Waals surface area contributed by atoms with Crippen molar-refractivity contribution in [2.45, 2.75) is 26.2 Å². The van der Waals surface area contributed by atoms with Gasteiger partial charge in [0.2, 0.25) is 0 Å². The van der Waals surface area contributed by atoms with Gasteiger partial charge in [-0.3, -0.25) is 4.79 Å². The van der Waals surface area contributed by atoms with E-state index in [9.17, 15) is 4.79 Å². The van der Waals surface area contributed by atoms with E-state index >= 15 is 0 Å². The fraction of sp³-hybridized carbons (Fsp3) is 0.643. The van der Waals surface area contributed by atoms with Crippen LogP contribution in [0.4, 0.5) is 0 Å². The molecule has 0 bridgehead atoms. The molecule has 0 aromatic carbocycles. The summed E-state index contributed by atoms with van der Waals surface area (Å²) in [5.41, 5.74) is 1.61. The summed E-state index contributed by atoms with van der Waals surface area (Å²) in [5.74, 6) is 0.239. The average Bonchev–Trinajstić information content (AvgIpc) is 2.99. The first-order valence-corrected chi connectivity index (χ1v) is 7.62. The summed E-state index contributed by atoms with van der Waals surface area (Å²) in [6.07, 6.45) is 3.61. The van der Waals surface area contributed by atoms with Crippen LogP contribution in [0.5, 0.6) is 0 Å². The van der Waals surface area contributed by atoms with E-state index in [1.165, 1.54) is 6.42 Å². The second-order valence-electron chi connectivity index (χ2n) is 5.65. The molecule has 3 heterocycles. The lowest BCUT2D eigenvalue weighted by Gasteiger charge is -2.38. The molecule has 2 aliphatic heterocycles. The van der Waals surface area contributed by atoms with Crippen molar-refractivity contribution < 1.29 is 4.79 Å². The average molecular weight is 264 g/mol. The lowest BCUT2D eigenvalue weighted by atomic mass is 9.78. The summed E-state index contributed by atoms with van der Waals surface area (Å²) in [4.78, 5) is 15.4. The van der Waals surface area contributed by atoms with Gasteiger partial charge in [0.15, 0.2) is 0 Å². The quantitative estimate of drug-likeness (QED) is 0.844. The Hall–Kier alpha value is -0.870. The Morgan fingerprint density at radius 2 is 2.17 bits per heavy atom. The molecule has 0 atom stereocenters. The molecule has 2 aliphatic rings. The third-order valence-corrected chi connectivity index (χ3v) is 5.50. The normalized spacial score (nSPS) is 22.6. The highest BCUT2D eigenvalue weighted by Crippen LogP contribution is 2.37. The van der Waals surface area contributed by atoms with Crippen molar-refractivity contribution in [2.24, 2.45) is 5.41 Å². The summed E-state index contributed by atoms with van der Waals surface area (Å²) >= 11 is 1.57. The molecular formula is C14H20N2OS. The molecule has 4 heteroatoms. The van der Waals surface area contributed by atoms with Crippen LogP contribution in [0.2, 0.25) is 0 Å². The van der Waals surface area contributed by atoms with E-state index in [0.717, 1.165) is 49.5 Å². The molecule has 18 heavy (non-hydrogen) atoms. The van der Waals surface area contributed by atoms with Crippen molar-refractivity contribution in [1.29, 1.82) is 0 Å². The number of piperidine rings is 1. The molecule has 1 spiro atoms. The third kappa shape index (κ3) is 2.08. The van der Waals surface area contributed by atoms with Crippen LogP contribution in [0.1, 0.15) is 34.5 Å². The van der Waals surface area contributed by atoms with Crippen molar-refractivity contribution in [3.05, 3.63) is 21.9 Å². The van der Waals surface area contributed by atoms with Gasteiger partial charge >= 0.3 is 0 Å². The Morgan fingerprint density at radius 3 is 2.72 bits per heavy atom. The monoisotopic (exact) mass is 264 g/mol. The number of carbonyl (C=O) groups excluding carboxylic acids is 1. The predicted molar refractivity (Wildman–Crippen MR) is 74.1 cm³/mol. The molecule has 0 unspecified atom stereocenters. The zero-order valence-electron chi connectivity index (χ0n) is 10.9. The van der Waals surface area contributed by atoms with Crippen molar-refractivity contribution in [3.63, 3.8) is 0 Å². The van der Waals surface area contributed by atoms with Crippen LogP contribution in [0.3, 0.4) is 0 Å². The van der Waals surface area contributed by atoms with Crippen molar-refractivity contribution in [2.75, 3.05) is 26.2 Å². The Bertz CT molecular complexity index is 438. The molecule has 1 N–H and O–H groups in total. The minimum atomic E-state index is 0.239. The highest BCUT2D eigenvalue weighted by molar-refractivity contribution is 7.12. The number of nitrogens with one attached hydrogen (secondary N) is 1. The first-order valence-electron chi connectivity index (χ1n) is 6.74. The zero-order chi connectivity index (χ0) is 12.6. The lowest BCUT2D eigenvalue weighted by Crippen LogP contribution is -2.43. The molecule has 2 saturated heterocycles. The maximum atomic E-state index is 12.4. The third-order valence-electron chi connectivity index (χ3n) is 4.50. The second kappa shape index (κ2) is 4.67. The minimum absolute atomic E-state index is 0.239.